The van der Waals surface area contributed by atoms with Gasteiger partial charge in [-0.15, -0.1) is 0 Å². The Morgan fingerprint density at radius 2 is 0.537 bits per heavy atom. The molecule has 0 amide bonds. The van der Waals surface area contributed by atoms with Crippen molar-refractivity contribution in [2.45, 2.75) is 466 Å². The van der Waals surface area contributed by atoms with Crippen molar-refractivity contribution < 1.29 is 77.0 Å². The van der Waals surface area contributed by atoms with Crippen LogP contribution in [0.3, 0.4) is 0 Å². The highest BCUT2D eigenvalue weighted by Crippen LogP contribution is 2.38. The quantitative estimate of drug-likeness (QED) is 0.0196. The van der Waals surface area contributed by atoms with Gasteiger partial charge in [0.15, 0.2) is 11.5 Å². The molecule has 6 aromatic rings. The molecule has 6 N–H and O–H groups in total. The van der Waals surface area contributed by atoms with Gasteiger partial charge in [-0.1, -0.05) is 427 Å². The van der Waals surface area contributed by atoms with Gasteiger partial charge in [0.2, 0.25) is 0 Å². The average molecular weight is 1900 g/mol. The number of alkyl halides is 3. The highest BCUT2D eigenvalue weighted by molar-refractivity contribution is 6.32. The van der Waals surface area contributed by atoms with E-state index in [-0.39, 0.29) is 39.9 Å². The Morgan fingerprint density at radius 3 is 0.851 bits per heavy atom. The van der Waals surface area contributed by atoms with Crippen molar-refractivity contribution >= 4 is 11.6 Å². The van der Waals surface area contributed by atoms with Gasteiger partial charge in [-0.25, -0.2) is 0 Å². The van der Waals surface area contributed by atoms with Gasteiger partial charge in [0, 0.05) is 36.4 Å². The molecule has 0 spiro atoms. The average Bonchev–Trinajstić information content (AvgIpc) is 0.822. The second-order valence-corrected chi connectivity index (χ2v) is 38.0. The van der Waals surface area contributed by atoms with Crippen LogP contribution in [-0.4, -0.2) is 77.4 Å². The van der Waals surface area contributed by atoms with Crippen molar-refractivity contribution in [3.8, 4) is 80.8 Å². The predicted molar refractivity (Wildman–Crippen MR) is 557 cm³/mol. The number of hydrogen-bond donors (Lipinski definition) is 6. The molecule has 764 valence electrons. The zero-order valence-electron chi connectivity index (χ0n) is 86.1. The molecule has 0 atom stereocenters. The number of phenols is 6. The topological polar surface area (TPSA) is 210 Å². The maximum Gasteiger partial charge on any atom is 0.416 e. The van der Waals surface area contributed by atoms with Gasteiger partial charge in [0.05, 0.1) is 69.0 Å². The molecule has 0 aliphatic heterocycles. The predicted octanol–water partition coefficient (Wildman–Crippen LogP) is 37.3. The van der Waals surface area contributed by atoms with Crippen LogP contribution in [0.1, 0.15) is 470 Å². The Balaban J connectivity index is 0.000000805. The Morgan fingerprint density at radius 1 is 0.276 bits per heavy atom. The molecule has 134 heavy (non-hydrogen) atoms. The van der Waals surface area contributed by atoms with Gasteiger partial charge in [-0.2, -0.15) is 18.4 Å². The van der Waals surface area contributed by atoms with Gasteiger partial charge >= 0.3 is 6.18 Å². The van der Waals surface area contributed by atoms with Crippen molar-refractivity contribution in [3.63, 3.8) is 0 Å². The van der Waals surface area contributed by atoms with Crippen molar-refractivity contribution in [3.05, 3.63) is 136 Å². The number of methoxy groups -OCH3 is 1. The molecular weight excluding hydrogens is 1710 g/mol. The first-order valence-electron chi connectivity index (χ1n) is 53.3. The van der Waals surface area contributed by atoms with Crippen LogP contribution in [0.25, 0.3) is 0 Å². The Kier molecular flexibility index (Phi) is 79.5. The van der Waals surface area contributed by atoms with Crippen molar-refractivity contribution in [2.24, 2.45) is 0 Å². The highest BCUT2D eigenvalue weighted by Gasteiger charge is 2.32. The molecule has 0 saturated heterocycles. The fourth-order valence-corrected chi connectivity index (χ4v) is 15.8. The Bertz CT molecular complexity index is 3730. The molecule has 0 heterocycles. The van der Waals surface area contributed by atoms with Gasteiger partial charge in [-0.05, 0) is 129 Å². The third kappa shape index (κ3) is 72.6. The number of ether oxygens (including phenoxy) is 7. The number of nitriles is 1. The number of hydrogen-bond acceptors (Lipinski definition) is 14. The van der Waals surface area contributed by atoms with Gasteiger partial charge < -0.3 is 63.8 Å². The van der Waals surface area contributed by atoms with E-state index in [1.165, 1.54) is 346 Å². The van der Waals surface area contributed by atoms with E-state index in [0.29, 0.717) is 66.1 Å². The second kappa shape index (κ2) is 85.7. The van der Waals surface area contributed by atoms with Crippen molar-refractivity contribution in [1.29, 1.82) is 5.26 Å². The molecule has 0 unspecified atom stereocenters. The van der Waals surface area contributed by atoms with E-state index in [9.17, 15) is 43.8 Å². The summed E-state index contributed by atoms with van der Waals surface area (Å²) in [6.45, 7) is 25.8. The third-order valence-corrected chi connectivity index (χ3v) is 24.0. The van der Waals surface area contributed by atoms with Crippen LogP contribution in [0.4, 0.5) is 13.2 Å². The SMILES string of the molecule is CCCCCCCCCCCCOc1cc(C)cc(O)c1.CCCCCCCCCCCCOc1cc(O)cc(C#N)c1.CCCCCCCCCCCCOc1cc(O)cc(C(F)(F)F)c1.CCCCCCCCCCCCOc1cc(O)ccc1C(C)(C)C.CCCCCCCCCCCCOc1cc(O)ccc1Cl.CCCCCCCCCCCCOc1cc(O)ccc1OC. The van der Waals surface area contributed by atoms with Gasteiger partial charge in [-0.3, -0.25) is 0 Å². The minimum Gasteiger partial charge on any atom is -0.508 e. The van der Waals surface area contributed by atoms with Crippen LogP contribution in [0.2, 0.25) is 5.02 Å². The molecule has 0 fully saturated rings. The summed E-state index contributed by atoms with van der Waals surface area (Å²) in [5.41, 5.74) is 1.76. The highest BCUT2D eigenvalue weighted by atomic mass is 35.5. The van der Waals surface area contributed by atoms with E-state index < -0.39 is 17.5 Å². The number of unbranched alkanes of at least 4 members (excludes halogenated alkanes) is 54. The zero-order chi connectivity index (χ0) is 98.4. The minimum atomic E-state index is -4.48. The summed E-state index contributed by atoms with van der Waals surface area (Å²) in [7, 11) is 1.61. The minimum absolute atomic E-state index is 0.0286. The number of halogens is 4. The van der Waals surface area contributed by atoms with Crippen LogP contribution >= 0.6 is 11.6 Å². The van der Waals surface area contributed by atoms with E-state index >= 15 is 0 Å². The monoisotopic (exact) mass is 1900 g/mol. The maximum absolute atomic E-state index is 12.6. The summed E-state index contributed by atoms with van der Waals surface area (Å²) in [6.07, 6.45) is 73.3. The lowest BCUT2D eigenvalue weighted by molar-refractivity contribution is -0.137. The van der Waals surface area contributed by atoms with Gasteiger partial charge in [0.25, 0.3) is 0 Å². The van der Waals surface area contributed by atoms with Gasteiger partial charge in [0.1, 0.15) is 63.2 Å². The molecule has 0 radical (unpaired) electrons. The van der Waals surface area contributed by atoms with E-state index in [1.54, 1.807) is 79.9 Å². The lowest BCUT2D eigenvalue weighted by Gasteiger charge is -2.23. The first kappa shape index (κ1) is 124. The lowest BCUT2D eigenvalue weighted by atomic mass is 9.86. The maximum atomic E-state index is 12.6. The molecule has 0 saturated carbocycles. The lowest BCUT2D eigenvalue weighted by Crippen LogP contribution is -2.13. The molecule has 6 rings (SSSR count). The third-order valence-electron chi connectivity index (χ3n) is 23.7. The summed E-state index contributed by atoms with van der Waals surface area (Å²) in [6, 6.07) is 30.1. The number of rotatable bonds is 73. The molecule has 0 bridgehead atoms. The van der Waals surface area contributed by atoms with E-state index in [2.05, 4.69) is 62.3 Å². The fraction of sp³-hybridized carbons (Fsp3) is 0.681. The Hall–Kier alpha value is -7.71. The molecule has 0 aliphatic rings. The number of aryl methyl sites for hydroxylation is 1. The molecule has 0 aromatic heterocycles. The Labute approximate surface area is 819 Å². The van der Waals surface area contributed by atoms with E-state index in [1.807, 2.05) is 25.1 Å². The normalized spacial score (nSPS) is 11.0. The summed E-state index contributed by atoms with van der Waals surface area (Å²) in [5.74, 6) is 4.74. The molecule has 6 aromatic carbocycles. The summed E-state index contributed by atoms with van der Waals surface area (Å²) >= 11 is 5.99. The van der Waals surface area contributed by atoms with E-state index in [0.717, 1.165) is 93.3 Å². The number of nitrogens with zero attached hydrogens (tertiary/aromatic N) is 1. The summed E-state index contributed by atoms with van der Waals surface area (Å²) < 4.78 is 77.0. The molecule has 0 aliphatic carbocycles. The molecule has 14 nitrogen and oxygen atoms in total. The first-order valence-corrected chi connectivity index (χ1v) is 53.7. The summed E-state index contributed by atoms with van der Waals surface area (Å²) in [5, 5.41) is 66.3. The molecular formula is C116H189ClF3NO13. The second-order valence-electron chi connectivity index (χ2n) is 37.6. The smallest absolute Gasteiger partial charge is 0.416 e. The van der Waals surface area contributed by atoms with Crippen LogP contribution in [0, 0.1) is 18.3 Å². The van der Waals surface area contributed by atoms with Crippen LogP contribution in [0.15, 0.2) is 109 Å². The summed E-state index contributed by atoms with van der Waals surface area (Å²) in [4.78, 5) is 0. The van der Waals surface area contributed by atoms with Crippen LogP contribution in [-0.2, 0) is 11.6 Å². The molecule has 18 heteroatoms. The fourth-order valence-electron chi connectivity index (χ4n) is 15.7. The zero-order valence-corrected chi connectivity index (χ0v) is 86.8. The first-order chi connectivity index (χ1) is 64.9. The van der Waals surface area contributed by atoms with Crippen LogP contribution < -0.4 is 33.2 Å². The number of phenolic OH excluding ortho intramolecular Hbond substituents is 6. The van der Waals surface area contributed by atoms with E-state index in [4.69, 9.17) is 50.0 Å². The number of benzene rings is 6. The van der Waals surface area contributed by atoms with Crippen LogP contribution in [0.5, 0.6) is 74.7 Å². The standard InChI is InChI=1S/C22H38O2.C19H29F3O2.C19H29NO2.C19H32O3.C19H32O2.C18H29ClO2/c1-5-6-7-8-9-10-11-12-13-14-17-24-21-18-19(23)15-16-20(21)22(2,3)4;1-2-3-4-5-6-7-8-9-10-11-12-24-18-14-16(19(20,21)22)13-17(23)15-18;1-2-3-4-5-6-7-8-9-10-11-12-22-19-14-17(16-20)13-18(21)15-19;1-3-4-5-6-7-8-9-10-11-12-15-22-19-16-17(20)13-14-18(19)21-2;1-3-4-5-6-7-8-9-10-11-12-13-21-19-15-17(2)14-18(20)16-19;1-2-3-4-5-6-7-8-9-10-11-14-21-18-15-16(20)12-13-17(18)19/h15-16,18,23H,5-14,17H2,1-4H3;13-15,23H,2-12H2,1H3;13-15,21H,2-12H2,1H3;13-14,16,20H,3-12,15H2,1-2H3;14-16,20H,3-13H2,1-2H3;12-13,15,20H,2-11,14H2,1H3. The largest absolute Gasteiger partial charge is 0.508 e. The van der Waals surface area contributed by atoms with Crippen molar-refractivity contribution in [1.82, 2.24) is 0 Å². The number of aromatic hydroxyl groups is 6. The van der Waals surface area contributed by atoms with Crippen molar-refractivity contribution in [2.75, 3.05) is 46.8 Å².